The van der Waals surface area contributed by atoms with Gasteiger partial charge >= 0.3 is 0 Å². The maximum atomic E-state index is 9.78. The molecule has 25 heavy (non-hydrogen) atoms. The Labute approximate surface area is 146 Å². The van der Waals surface area contributed by atoms with Gasteiger partial charge in [0.05, 0.1) is 0 Å². The lowest BCUT2D eigenvalue weighted by atomic mass is 9.96. The van der Waals surface area contributed by atoms with E-state index < -0.39 is 0 Å². The number of phenols is 1. The third-order valence-electron chi connectivity index (χ3n) is 4.41. The van der Waals surface area contributed by atoms with E-state index in [1.54, 1.807) is 12.1 Å². The largest absolute Gasteiger partial charge is 0.508 e. The smallest absolute Gasteiger partial charge is 0.222 e. The van der Waals surface area contributed by atoms with Crippen LogP contribution < -0.4 is 10.6 Å². The van der Waals surface area contributed by atoms with Crippen molar-refractivity contribution in [3.63, 3.8) is 0 Å². The summed E-state index contributed by atoms with van der Waals surface area (Å²) in [4.78, 5) is 13.1. The average molecular weight is 333 g/mol. The molecule has 0 saturated heterocycles. The van der Waals surface area contributed by atoms with Gasteiger partial charge < -0.3 is 15.7 Å². The highest BCUT2D eigenvalue weighted by atomic mass is 16.3. The Morgan fingerprint density at radius 2 is 1.92 bits per heavy atom. The van der Waals surface area contributed by atoms with E-state index >= 15 is 0 Å². The number of anilines is 2. The van der Waals surface area contributed by atoms with E-state index in [0.717, 1.165) is 29.9 Å². The minimum absolute atomic E-state index is 0.271. The lowest BCUT2D eigenvalue weighted by Crippen LogP contribution is -2.08. The number of para-hydroxylation sites is 1. The molecule has 1 unspecified atom stereocenters. The SMILES string of the molecule is Oc1ccccc1CNc1ncc(CC2CNc3ncccc32)cn1. The molecular weight excluding hydrogens is 314 g/mol. The molecule has 6 nitrogen and oxygen atoms in total. The van der Waals surface area contributed by atoms with E-state index in [1.165, 1.54) is 5.56 Å². The Morgan fingerprint density at radius 3 is 2.76 bits per heavy atom. The predicted molar refractivity (Wildman–Crippen MR) is 96.6 cm³/mol. The van der Waals surface area contributed by atoms with Crippen LogP contribution in [0.25, 0.3) is 0 Å². The van der Waals surface area contributed by atoms with Gasteiger partial charge in [-0.05, 0) is 29.7 Å². The highest BCUT2D eigenvalue weighted by molar-refractivity contribution is 5.52. The molecule has 0 bridgehead atoms. The van der Waals surface area contributed by atoms with Crippen molar-refractivity contribution in [2.75, 3.05) is 17.2 Å². The number of pyridine rings is 1. The second kappa shape index (κ2) is 6.76. The number of aromatic hydroxyl groups is 1. The molecule has 0 aliphatic carbocycles. The fourth-order valence-corrected chi connectivity index (χ4v) is 3.08. The van der Waals surface area contributed by atoms with Crippen LogP contribution in [0.3, 0.4) is 0 Å². The fourth-order valence-electron chi connectivity index (χ4n) is 3.08. The molecule has 4 rings (SSSR count). The Balaban J connectivity index is 1.39. The molecule has 3 aromatic rings. The number of aromatic nitrogens is 3. The van der Waals surface area contributed by atoms with Gasteiger partial charge in [0.1, 0.15) is 11.6 Å². The van der Waals surface area contributed by atoms with Crippen LogP contribution in [0.1, 0.15) is 22.6 Å². The Bertz CT molecular complexity index is 866. The van der Waals surface area contributed by atoms with E-state index in [0.29, 0.717) is 18.4 Å². The molecule has 6 heteroatoms. The first-order valence-corrected chi connectivity index (χ1v) is 8.30. The summed E-state index contributed by atoms with van der Waals surface area (Å²) in [5.74, 6) is 2.20. The van der Waals surface area contributed by atoms with Crippen LogP contribution in [-0.4, -0.2) is 26.6 Å². The first-order valence-electron chi connectivity index (χ1n) is 8.30. The minimum atomic E-state index is 0.271. The lowest BCUT2D eigenvalue weighted by Gasteiger charge is -2.10. The van der Waals surface area contributed by atoms with E-state index in [-0.39, 0.29) is 5.75 Å². The van der Waals surface area contributed by atoms with Gasteiger partial charge in [-0.1, -0.05) is 24.3 Å². The minimum Gasteiger partial charge on any atom is -0.508 e. The number of rotatable bonds is 5. The van der Waals surface area contributed by atoms with Crippen molar-refractivity contribution in [3.8, 4) is 5.75 Å². The summed E-state index contributed by atoms with van der Waals surface area (Å²) in [6.45, 7) is 1.37. The molecule has 1 aromatic carbocycles. The van der Waals surface area contributed by atoms with E-state index in [4.69, 9.17) is 0 Å². The molecule has 1 aliphatic rings. The van der Waals surface area contributed by atoms with Crippen molar-refractivity contribution in [1.82, 2.24) is 15.0 Å². The Morgan fingerprint density at radius 1 is 1.08 bits per heavy atom. The molecule has 1 aliphatic heterocycles. The molecule has 0 saturated carbocycles. The molecule has 0 fully saturated rings. The molecular formula is C19H19N5O. The highest BCUT2D eigenvalue weighted by Gasteiger charge is 2.23. The van der Waals surface area contributed by atoms with E-state index in [9.17, 15) is 5.11 Å². The second-order valence-electron chi connectivity index (χ2n) is 6.12. The zero-order valence-electron chi connectivity index (χ0n) is 13.7. The van der Waals surface area contributed by atoms with Gasteiger partial charge in [-0.2, -0.15) is 0 Å². The zero-order chi connectivity index (χ0) is 17.1. The first kappa shape index (κ1) is 15.4. The van der Waals surface area contributed by atoms with Crippen molar-refractivity contribution in [2.24, 2.45) is 0 Å². The van der Waals surface area contributed by atoms with Gasteiger partial charge in [-0.15, -0.1) is 0 Å². The number of fused-ring (bicyclic) bond motifs is 1. The normalized spacial score (nSPS) is 15.4. The summed E-state index contributed by atoms with van der Waals surface area (Å²) in [5, 5.41) is 16.3. The molecule has 3 heterocycles. The van der Waals surface area contributed by atoms with Gasteiger partial charge in [-0.25, -0.2) is 15.0 Å². The van der Waals surface area contributed by atoms with Crippen LogP contribution in [0.2, 0.25) is 0 Å². The number of phenolic OH excluding ortho intramolecular Hbond substituents is 1. The van der Waals surface area contributed by atoms with Gasteiger partial charge in [0.15, 0.2) is 0 Å². The van der Waals surface area contributed by atoms with Crippen molar-refractivity contribution in [1.29, 1.82) is 0 Å². The fraction of sp³-hybridized carbons (Fsp3) is 0.211. The van der Waals surface area contributed by atoms with Gasteiger partial charge in [0, 0.05) is 43.2 Å². The summed E-state index contributed by atoms with van der Waals surface area (Å²) >= 11 is 0. The number of nitrogens with one attached hydrogen (secondary N) is 2. The van der Waals surface area contributed by atoms with Crippen molar-refractivity contribution < 1.29 is 5.11 Å². The molecule has 0 amide bonds. The molecule has 0 radical (unpaired) electrons. The van der Waals surface area contributed by atoms with E-state index in [1.807, 2.05) is 36.8 Å². The topological polar surface area (TPSA) is 83.0 Å². The number of benzene rings is 1. The maximum Gasteiger partial charge on any atom is 0.222 e. The number of hydrogen-bond acceptors (Lipinski definition) is 6. The molecule has 1 atom stereocenters. The number of nitrogens with zero attached hydrogens (tertiary/aromatic N) is 3. The third-order valence-corrected chi connectivity index (χ3v) is 4.41. The van der Waals surface area contributed by atoms with Crippen LogP contribution in [0, 0.1) is 0 Å². The first-order chi connectivity index (χ1) is 12.3. The quantitative estimate of drug-likeness (QED) is 0.666. The molecule has 0 spiro atoms. The standard InChI is InChI=1S/C19H19N5O/c25-17-6-2-1-4-14(17)11-24-19-22-9-13(10-23-19)8-15-12-21-18-16(15)5-3-7-20-18/h1-7,9-10,15,25H,8,11-12H2,(H,20,21)(H,22,23,24). The summed E-state index contributed by atoms with van der Waals surface area (Å²) < 4.78 is 0. The Kier molecular flexibility index (Phi) is 4.16. The van der Waals surface area contributed by atoms with Gasteiger partial charge in [0.2, 0.25) is 5.95 Å². The van der Waals surface area contributed by atoms with Crippen molar-refractivity contribution in [3.05, 3.63) is 71.7 Å². The summed E-state index contributed by atoms with van der Waals surface area (Å²) in [6, 6.07) is 11.3. The van der Waals surface area contributed by atoms with Gasteiger partial charge in [0.25, 0.3) is 0 Å². The van der Waals surface area contributed by atoms with Crippen LogP contribution in [0.15, 0.2) is 55.0 Å². The molecule has 126 valence electrons. The summed E-state index contributed by atoms with van der Waals surface area (Å²) in [6.07, 6.45) is 6.40. The van der Waals surface area contributed by atoms with Crippen LogP contribution in [0.4, 0.5) is 11.8 Å². The summed E-state index contributed by atoms with van der Waals surface area (Å²) in [5.41, 5.74) is 3.16. The molecule has 3 N–H and O–H groups in total. The monoisotopic (exact) mass is 333 g/mol. The van der Waals surface area contributed by atoms with Crippen molar-refractivity contribution in [2.45, 2.75) is 18.9 Å². The zero-order valence-corrected chi connectivity index (χ0v) is 13.7. The average Bonchev–Trinajstić information content (AvgIpc) is 3.05. The van der Waals surface area contributed by atoms with Crippen molar-refractivity contribution >= 4 is 11.8 Å². The van der Waals surface area contributed by atoms with E-state index in [2.05, 4.69) is 31.7 Å². The lowest BCUT2D eigenvalue weighted by molar-refractivity contribution is 0.469. The number of hydrogen-bond donors (Lipinski definition) is 3. The van der Waals surface area contributed by atoms with Gasteiger partial charge in [-0.3, -0.25) is 0 Å². The second-order valence-corrected chi connectivity index (χ2v) is 6.12. The van der Waals surface area contributed by atoms with Crippen LogP contribution in [-0.2, 0) is 13.0 Å². The molecule has 2 aromatic heterocycles. The van der Waals surface area contributed by atoms with Crippen LogP contribution >= 0.6 is 0 Å². The Hall–Kier alpha value is -3.15. The third kappa shape index (κ3) is 3.38. The maximum absolute atomic E-state index is 9.78. The summed E-state index contributed by atoms with van der Waals surface area (Å²) in [7, 11) is 0. The highest BCUT2D eigenvalue weighted by Crippen LogP contribution is 2.31. The predicted octanol–water partition coefficient (Wildman–Crippen LogP) is 2.94. The van der Waals surface area contributed by atoms with Crippen LogP contribution in [0.5, 0.6) is 5.75 Å².